The maximum atomic E-state index is 12.6. The fourth-order valence-corrected chi connectivity index (χ4v) is 3.88. The smallest absolute Gasteiger partial charge is 0.410 e. The van der Waals surface area contributed by atoms with Crippen LogP contribution in [-0.2, 0) is 9.16 Å². The molecule has 0 spiro atoms. The summed E-state index contributed by atoms with van der Waals surface area (Å²) in [6, 6.07) is 0.0125. The minimum absolute atomic E-state index is 0.0125. The zero-order valence-electron chi connectivity index (χ0n) is 15.5. The lowest BCUT2D eigenvalue weighted by Gasteiger charge is -2.46. The number of amides is 1. The summed E-state index contributed by atoms with van der Waals surface area (Å²) in [5, 5.41) is 3.39. The predicted molar refractivity (Wildman–Crippen MR) is 92.8 cm³/mol. The molecule has 1 unspecified atom stereocenters. The Kier molecular flexibility index (Phi) is 6.47. The van der Waals surface area contributed by atoms with Crippen LogP contribution in [0.25, 0.3) is 0 Å². The van der Waals surface area contributed by atoms with Crippen LogP contribution in [0.3, 0.4) is 0 Å². The fourth-order valence-electron chi connectivity index (χ4n) is 2.71. The molecule has 6 heteroatoms. The highest BCUT2D eigenvalue weighted by atomic mass is 28.3. The molecule has 0 aromatic rings. The quantitative estimate of drug-likeness (QED) is 0.808. The van der Waals surface area contributed by atoms with Crippen molar-refractivity contribution in [3.8, 4) is 0 Å². The molecule has 130 valence electrons. The highest BCUT2D eigenvalue weighted by Crippen LogP contribution is 2.29. The Morgan fingerprint density at radius 1 is 1.23 bits per heavy atom. The maximum absolute atomic E-state index is 12.6. The number of rotatable bonds is 3. The second kappa shape index (κ2) is 7.32. The first kappa shape index (κ1) is 19.5. The second-order valence-electron chi connectivity index (χ2n) is 8.42. The summed E-state index contributed by atoms with van der Waals surface area (Å²) in [7, 11) is -1.21. The van der Waals surface area contributed by atoms with E-state index in [1.807, 2.05) is 25.7 Å². The minimum Gasteiger partial charge on any atom is -0.444 e. The van der Waals surface area contributed by atoms with Gasteiger partial charge in [-0.3, -0.25) is 0 Å². The molecule has 1 amide bonds. The van der Waals surface area contributed by atoms with Crippen LogP contribution in [-0.4, -0.2) is 57.4 Å². The summed E-state index contributed by atoms with van der Waals surface area (Å²) in [5.41, 5.74) is -0.501. The first-order chi connectivity index (χ1) is 9.92. The molecule has 22 heavy (non-hydrogen) atoms. The molecule has 1 N–H and O–H groups in total. The highest BCUT2D eigenvalue weighted by molar-refractivity contribution is 6.48. The molecule has 0 bridgehead atoms. The normalized spacial score (nSPS) is 21.9. The van der Waals surface area contributed by atoms with Gasteiger partial charge in [-0.1, -0.05) is 20.8 Å². The molecule has 0 aromatic heterocycles. The van der Waals surface area contributed by atoms with Crippen LogP contribution < -0.4 is 5.32 Å². The van der Waals surface area contributed by atoms with Crippen molar-refractivity contribution >= 4 is 15.1 Å². The van der Waals surface area contributed by atoms with Gasteiger partial charge in [0, 0.05) is 19.6 Å². The number of ether oxygens (including phenoxy) is 1. The Balaban J connectivity index is 2.96. The molecule has 1 rings (SSSR count). The highest BCUT2D eigenvalue weighted by Gasteiger charge is 2.41. The average Bonchev–Trinajstić information content (AvgIpc) is 2.32. The van der Waals surface area contributed by atoms with Crippen LogP contribution in [0.4, 0.5) is 4.79 Å². The first-order valence-corrected chi connectivity index (χ1v) is 11.1. The molecular formula is C16H34N2O3Si. The Morgan fingerprint density at radius 3 is 2.27 bits per heavy atom. The molecule has 0 aliphatic carbocycles. The minimum atomic E-state index is -1.21. The van der Waals surface area contributed by atoms with E-state index in [0.717, 1.165) is 13.1 Å². The molecule has 0 saturated carbocycles. The molecule has 0 aromatic carbocycles. The number of carbonyl (C=O) groups excluding carboxylic acids is 1. The van der Waals surface area contributed by atoms with E-state index in [2.05, 4.69) is 39.2 Å². The van der Waals surface area contributed by atoms with E-state index >= 15 is 0 Å². The third kappa shape index (κ3) is 5.89. The third-order valence-electron chi connectivity index (χ3n) is 3.53. The van der Waals surface area contributed by atoms with E-state index < -0.39 is 14.6 Å². The van der Waals surface area contributed by atoms with E-state index in [1.165, 1.54) is 0 Å². The van der Waals surface area contributed by atoms with Crippen LogP contribution >= 0.6 is 0 Å². The van der Waals surface area contributed by atoms with E-state index in [4.69, 9.17) is 9.16 Å². The van der Waals surface area contributed by atoms with Crippen LogP contribution in [0.2, 0.25) is 13.1 Å². The molecular weight excluding hydrogens is 296 g/mol. The molecule has 1 saturated heterocycles. The van der Waals surface area contributed by atoms with Gasteiger partial charge in [-0.2, -0.15) is 0 Å². The van der Waals surface area contributed by atoms with Gasteiger partial charge in [0.05, 0.1) is 12.1 Å². The van der Waals surface area contributed by atoms with E-state index in [9.17, 15) is 4.79 Å². The lowest BCUT2D eigenvalue weighted by Crippen LogP contribution is -2.62. The predicted octanol–water partition coefficient (Wildman–Crippen LogP) is 2.61. The first-order valence-electron chi connectivity index (χ1n) is 8.27. The summed E-state index contributed by atoms with van der Waals surface area (Å²) >= 11 is 0. The Hall–Kier alpha value is -0.593. The van der Waals surface area contributed by atoms with Gasteiger partial charge >= 0.3 is 6.09 Å². The number of hydrogen-bond acceptors (Lipinski definition) is 4. The van der Waals surface area contributed by atoms with E-state index in [0.29, 0.717) is 6.54 Å². The monoisotopic (exact) mass is 330 g/mol. The zero-order valence-corrected chi connectivity index (χ0v) is 16.7. The maximum Gasteiger partial charge on any atom is 0.410 e. The van der Waals surface area contributed by atoms with Gasteiger partial charge in [-0.05, 0) is 39.3 Å². The van der Waals surface area contributed by atoms with Gasteiger partial charge in [0.1, 0.15) is 5.60 Å². The van der Waals surface area contributed by atoms with Crippen LogP contribution in [0, 0.1) is 5.41 Å². The lowest BCUT2D eigenvalue weighted by molar-refractivity contribution is -0.0324. The molecule has 1 aliphatic rings. The summed E-state index contributed by atoms with van der Waals surface area (Å²) in [6.07, 6.45) is -0.221. The van der Waals surface area contributed by atoms with Gasteiger partial charge in [-0.15, -0.1) is 0 Å². The Morgan fingerprint density at radius 2 is 1.82 bits per heavy atom. The second-order valence-corrected chi connectivity index (χ2v) is 10.8. The van der Waals surface area contributed by atoms with E-state index in [-0.39, 0.29) is 23.7 Å². The van der Waals surface area contributed by atoms with Crippen molar-refractivity contribution in [2.75, 3.05) is 19.6 Å². The van der Waals surface area contributed by atoms with Crippen molar-refractivity contribution in [1.82, 2.24) is 10.2 Å². The van der Waals surface area contributed by atoms with Crippen molar-refractivity contribution in [3.63, 3.8) is 0 Å². The molecule has 5 nitrogen and oxygen atoms in total. The van der Waals surface area contributed by atoms with Crippen molar-refractivity contribution < 1.29 is 14.0 Å². The van der Waals surface area contributed by atoms with Crippen LogP contribution in [0.5, 0.6) is 0 Å². The zero-order chi connectivity index (χ0) is 17.1. The molecule has 2 atom stereocenters. The number of piperazine rings is 1. The fraction of sp³-hybridized carbons (Fsp3) is 0.938. The van der Waals surface area contributed by atoms with Gasteiger partial charge in [-0.25, -0.2) is 4.79 Å². The van der Waals surface area contributed by atoms with Crippen molar-refractivity contribution in [2.24, 2.45) is 5.41 Å². The third-order valence-corrected chi connectivity index (χ3v) is 4.37. The number of carbonyl (C=O) groups is 1. The van der Waals surface area contributed by atoms with Crippen molar-refractivity contribution in [2.45, 2.75) is 72.4 Å². The number of nitrogens with one attached hydrogen (secondary N) is 1. The summed E-state index contributed by atoms with van der Waals surface area (Å²) in [4.78, 5) is 14.4. The number of hydrogen-bond donors (Lipinski definition) is 1. The number of nitrogens with zero attached hydrogens (tertiary/aromatic N) is 1. The lowest BCUT2D eigenvalue weighted by atomic mass is 9.83. The standard InChI is InChI=1S/C16H34N2O3Si/c1-15(2,3)13(21-22(7)8)12-11-17-9-10-18(12)14(19)20-16(4,5)6/h12-13,17,22H,9-11H2,1-8H3/t12-,13?/m1/s1. The van der Waals surface area contributed by atoms with Crippen LogP contribution in [0.15, 0.2) is 0 Å². The Bertz CT molecular complexity index is 375. The summed E-state index contributed by atoms with van der Waals surface area (Å²) in [6.45, 7) is 18.8. The Labute approximate surface area is 137 Å². The van der Waals surface area contributed by atoms with Crippen LogP contribution in [0.1, 0.15) is 41.5 Å². The SMILES string of the molecule is C[SiH](C)OC([C@H]1CNCCN1C(=O)OC(C)(C)C)C(C)(C)C. The van der Waals surface area contributed by atoms with Gasteiger partial charge < -0.3 is 19.4 Å². The largest absolute Gasteiger partial charge is 0.444 e. The molecule has 1 fully saturated rings. The van der Waals surface area contributed by atoms with Gasteiger partial charge in [0.25, 0.3) is 0 Å². The van der Waals surface area contributed by atoms with E-state index in [1.54, 1.807) is 0 Å². The van der Waals surface area contributed by atoms with Crippen molar-refractivity contribution in [3.05, 3.63) is 0 Å². The molecule has 0 radical (unpaired) electrons. The average molecular weight is 331 g/mol. The van der Waals surface area contributed by atoms with Crippen molar-refractivity contribution in [1.29, 1.82) is 0 Å². The topological polar surface area (TPSA) is 50.8 Å². The molecule has 1 aliphatic heterocycles. The summed E-state index contributed by atoms with van der Waals surface area (Å²) in [5.74, 6) is 0. The summed E-state index contributed by atoms with van der Waals surface area (Å²) < 4.78 is 11.9. The van der Waals surface area contributed by atoms with Gasteiger partial charge in [0.2, 0.25) is 0 Å². The molecule has 1 heterocycles. The van der Waals surface area contributed by atoms with Gasteiger partial charge in [0.15, 0.2) is 9.04 Å².